The third-order valence-corrected chi connectivity index (χ3v) is 5.62. The number of carbonyl (C=O) groups excluding carboxylic acids is 1. The molecule has 2 aromatic carbocycles. The summed E-state index contributed by atoms with van der Waals surface area (Å²) in [5.41, 5.74) is 2.03. The average molecular weight is 375 g/mol. The van der Waals surface area contributed by atoms with Crippen molar-refractivity contribution in [3.63, 3.8) is 0 Å². The summed E-state index contributed by atoms with van der Waals surface area (Å²) in [6, 6.07) is 11.9. The number of hydrogen-bond acceptors (Lipinski definition) is 4. The third-order valence-electron chi connectivity index (χ3n) is 4.11. The molecule has 1 unspecified atom stereocenters. The van der Waals surface area contributed by atoms with Crippen LogP contribution in [-0.2, 0) is 10.0 Å². The van der Waals surface area contributed by atoms with Crippen molar-refractivity contribution in [1.82, 2.24) is 10.6 Å². The Bertz CT molecular complexity index is 895. The summed E-state index contributed by atoms with van der Waals surface area (Å²) in [5.74, 6) is -0.327. The largest absolute Gasteiger partial charge is 0.350 e. The Morgan fingerprint density at radius 1 is 1.12 bits per heavy atom. The Balaban J connectivity index is 2.30. The molecule has 2 rings (SSSR count). The molecule has 2 aromatic rings. The summed E-state index contributed by atoms with van der Waals surface area (Å²) in [7, 11) is -1.99. The Kier molecular flexibility index (Phi) is 6.39. The minimum absolute atomic E-state index is 0.109. The van der Waals surface area contributed by atoms with Crippen LogP contribution in [0.15, 0.2) is 47.4 Å². The third kappa shape index (κ3) is 4.83. The minimum Gasteiger partial charge on any atom is -0.350 e. The molecule has 0 bridgehead atoms. The molecule has 1 atom stereocenters. The van der Waals surface area contributed by atoms with Gasteiger partial charge >= 0.3 is 0 Å². The van der Waals surface area contributed by atoms with Gasteiger partial charge in [0.1, 0.15) is 0 Å². The molecule has 0 heterocycles. The lowest BCUT2D eigenvalue weighted by molar-refractivity contribution is 0.0951. The van der Waals surface area contributed by atoms with Crippen LogP contribution in [0.3, 0.4) is 0 Å². The average Bonchev–Trinajstić information content (AvgIpc) is 2.61. The van der Waals surface area contributed by atoms with Crippen molar-refractivity contribution < 1.29 is 13.2 Å². The van der Waals surface area contributed by atoms with E-state index in [0.29, 0.717) is 12.1 Å². The van der Waals surface area contributed by atoms with Gasteiger partial charge in [0.25, 0.3) is 15.9 Å². The lowest BCUT2D eigenvalue weighted by Gasteiger charge is -2.15. The number of likely N-dealkylation sites (N-methyl/N-ethyl adjacent to an activating group) is 1. The highest BCUT2D eigenvalue weighted by atomic mass is 32.2. The van der Waals surface area contributed by atoms with Crippen molar-refractivity contribution >= 4 is 21.6 Å². The van der Waals surface area contributed by atoms with Gasteiger partial charge in [0.05, 0.1) is 16.1 Å². The molecule has 0 aliphatic carbocycles. The lowest BCUT2D eigenvalue weighted by atomic mass is 10.1. The van der Waals surface area contributed by atoms with E-state index >= 15 is 0 Å². The van der Waals surface area contributed by atoms with Crippen LogP contribution in [0, 0.1) is 13.8 Å². The van der Waals surface area contributed by atoms with E-state index in [1.807, 2.05) is 27.0 Å². The molecule has 0 spiro atoms. The van der Waals surface area contributed by atoms with E-state index in [1.165, 1.54) is 0 Å². The van der Waals surface area contributed by atoms with Crippen molar-refractivity contribution in [3.8, 4) is 0 Å². The molecule has 0 fully saturated rings. The first-order valence-corrected chi connectivity index (χ1v) is 9.87. The van der Waals surface area contributed by atoms with Gasteiger partial charge in [-0.3, -0.25) is 9.52 Å². The molecule has 26 heavy (non-hydrogen) atoms. The van der Waals surface area contributed by atoms with Crippen molar-refractivity contribution in [2.45, 2.75) is 31.7 Å². The second kappa shape index (κ2) is 8.33. The van der Waals surface area contributed by atoms with Gasteiger partial charge in [0, 0.05) is 12.6 Å². The first-order chi connectivity index (χ1) is 12.2. The summed E-state index contributed by atoms with van der Waals surface area (Å²) in [6.07, 6.45) is 0. The molecular weight excluding hydrogens is 350 g/mol. The Hall–Kier alpha value is -2.38. The van der Waals surface area contributed by atoms with E-state index in [9.17, 15) is 13.2 Å². The maximum atomic E-state index is 12.8. The molecule has 140 valence electrons. The molecule has 0 aromatic heterocycles. The first-order valence-electron chi connectivity index (χ1n) is 8.39. The van der Waals surface area contributed by atoms with Crippen LogP contribution in [0.1, 0.15) is 28.4 Å². The van der Waals surface area contributed by atoms with E-state index in [2.05, 4.69) is 15.4 Å². The van der Waals surface area contributed by atoms with E-state index in [-0.39, 0.29) is 28.1 Å². The fourth-order valence-corrected chi connectivity index (χ4v) is 3.82. The van der Waals surface area contributed by atoms with Gasteiger partial charge in [-0.2, -0.15) is 0 Å². The highest BCUT2D eigenvalue weighted by molar-refractivity contribution is 7.92. The number of aryl methyl sites for hydroxylation is 2. The van der Waals surface area contributed by atoms with Gasteiger partial charge in [-0.25, -0.2) is 8.42 Å². The molecule has 3 N–H and O–H groups in total. The van der Waals surface area contributed by atoms with Gasteiger partial charge in [-0.15, -0.1) is 0 Å². The van der Waals surface area contributed by atoms with Gasteiger partial charge in [0.2, 0.25) is 0 Å². The number of carbonyl (C=O) groups is 1. The fraction of sp³-hybridized carbons (Fsp3) is 0.316. The molecular formula is C19H25N3O3S. The summed E-state index contributed by atoms with van der Waals surface area (Å²) in [4.78, 5) is 12.7. The molecule has 0 aliphatic rings. The zero-order valence-electron chi connectivity index (χ0n) is 15.5. The minimum atomic E-state index is -3.80. The van der Waals surface area contributed by atoms with Gasteiger partial charge in [0.15, 0.2) is 0 Å². The number of amides is 1. The molecule has 0 saturated carbocycles. The Morgan fingerprint density at radius 3 is 2.50 bits per heavy atom. The molecule has 7 heteroatoms. The second-order valence-electron chi connectivity index (χ2n) is 6.32. The quantitative estimate of drug-likeness (QED) is 0.694. The van der Waals surface area contributed by atoms with Crippen LogP contribution >= 0.6 is 0 Å². The van der Waals surface area contributed by atoms with Crippen LogP contribution in [0.2, 0.25) is 0 Å². The van der Waals surface area contributed by atoms with Crippen molar-refractivity contribution in [1.29, 1.82) is 0 Å². The van der Waals surface area contributed by atoms with E-state index < -0.39 is 10.0 Å². The number of rotatable bonds is 7. The predicted molar refractivity (Wildman–Crippen MR) is 104 cm³/mol. The smallest absolute Gasteiger partial charge is 0.262 e. The SMILES string of the molecule is CNC(C)CNC(=O)c1ccccc1NS(=O)(=O)c1cc(C)ccc1C. The van der Waals surface area contributed by atoms with Crippen molar-refractivity contribution in [3.05, 3.63) is 59.2 Å². The van der Waals surface area contributed by atoms with E-state index in [0.717, 1.165) is 5.56 Å². The summed E-state index contributed by atoms with van der Waals surface area (Å²) in [6.45, 7) is 5.96. The van der Waals surface area contributed by atoms with E-state index in [4.69, 9.17) is 0 Å². The van der Waals surface area contributed by atoms with Crippen LogP contribution in [0.4, 0.5) is 5.69 Å². The molecule has 6 nitrogen and oxygen atoms in total. The molecule has 0 saturated heterocycles. The van der Waals surface area contributed by atoms with E-state index in [1.54, 1.807) is 43.3 Å². The van der Waals surface area contributed by atoms with Crippen LogP contribution in [-0.4, -0.2) is 34.0 Å². The highest BCUT2D eigenvalue weighted by Crippen LogP contribution is 2.23. The maximum Gasteiger partial charge on any atom is 0.262 e. The standard InChI is InChI=1S/C19H25N3O3S/c1-13-9-10-14(2)18(11-13)26(24,25)22-17-8-6-5-7-16(17)19(23)21-12-15(3)20-4/h5-11,15,20,22H,12H2,1-4H3,(H,21,23). The summed E-state index contributed by atoms with van der Waals surface area (Å²) in [5, 5.41) is 5.83. The van der Waals surface area contributed by atoms with Crippen molar-refractivity contribution in [2.24, 2.45) is 0 Å². The Morgan fingerprint density at radius 2 is 1.81 bits per heavy atom. The number of benzene rings is 2. The predicted octanol–water partition coefficient (Wildman–Crippen LogP) is 2.44. The summed E-state index contributed by atoms with van der Waals surface area (Å²) < 4.78 is 28.2. The van der Waals surface area contributed by atoms with Gasteiger partial charge < -0.3 is 10.6 Å². The Labute approximate surface area is 155 Å². The molecule has 0 aliphatic heterocycles. The molecule has 1 amide bonds. The van der Waals surface area contributed by atoms with Crippen molar-refractivity contribution in [2.75, 3.05) is 18.3 Å². The number of sulfonamides is 1. The summed E-state index contributed by atoms with van der Waals surface area (Å²) >= 11 is 0. The van der Waals surface area contributed by atoms with Crippen LogP contribution in [0.25, 0.3) is 0 Å². The normalized spacial score (nSPS) is 12.5. The monoisotopic (exact) mass is 375 g/mol. The number of hydrogen-bond donors (Lipinski definition) is 3. The zero-order valence-corrected chi connectivity index (χ0v) is 16.3. The number of nitrogens with one attached hydrogen (secondary N) is 3. The highest BCUT2D eigenvalue weighted by Gasteiger charge is 2.20. The number of para-hydroxylation sites is 1. The van der Waals surface area contributed by atoms with Gasteiger partial charge in [-0.1, -0.05) is 24.3 Å². The second-order valence-corrected chi connectivity index (χ2v) is 7.97. The zero-order chi connectivity index (χ0) is 19.3. The first kappa shape index (κ1) is 19.9. The maximum absolute atomic E-state index is 12.8. The molecule has 0 radical (unpaired) electrons. The van der Waals surface area contributed by atoms with Crippen LogP contribution < -0.4 is 15.4 Å². The topological polar surface area (TPSA) is 87.3 Å². The lowest BCUT2D eigenvalue weighted by Crippen LogP contribution is -2.37. The van der Waals surface area contributed by atoms with Gasteiger partial charge in [-0.05, 0) is 57.1 Å². The fourth-order valence-electron chi connectivity index (χ4n) is 2.41. The van der Waals surface area contributed by atoms with Crippen LogP contribution in [0.5, 0.6) is 0 Å². The number of anilines is 1.